The van der Waals surface area contributed by atoms with Crippen LogP contribution in [0, 0.1) is 5.82 Å². The lowest BCUT2D eigenvalue weighted by molar-refractivity contribution is -0.0158. The van der Waals surface area contributed by atoms with Crippen LogP contribution in [0.15, 0.2) is 18.2 Å². The number of fused-ring (bicyclic) bond motifs is 1. The first-order valence-electron chi connectivity index (χ1n) is 5.29. The second-order valence-electron chi connectivity index (χ2n) is 4.01. The van der Waals surface area contributed by atoms with E-state index in [2.05, 4.69) is 5.32 Å². The van der Waals surface area contributed by atoms with Gasteiger partial charge in [0.25, 0.3) is 0 Å². The van der Waals surface area contributed by atoms with Crippen molar-refractivity contribution in [1.29, 1.82) is 0 Å². The highest BCUT2D eigenvalue weighted by Gasteiger charge is 2.27. The van der Waals surface area contributed by atoms with Crippen LogP contribution in [-0.2, 0) is 11.2 Å². The van der Waals surface area contributed by atoms with Gasteiger partial charge in [0.1, 0.15) is 5.82 Å². The van der Waals surface area contributed by atoms with Gasteiger partial charge in [0.15, 0.2) is 0 Å². The van der Waals surface area contributed by atoms with Crippen molar-refractivity contribution >= 4 is 0 Å². The molecule has 0 spiro atoms. The zero-order chi connectivity index (χ0) is 10.8. The number of benzene rings is 1. The van der Waals surface area contributed by atoms with E-state index in [1.807, 2.05) is 20.0 Å². The van der Waals surface area contributed by atoms with Gasteiger partial charge in [-0.15, -0.1) is 0 Å². The number of likely N-dealkylation sites (N-methyl/N-ethyl adjacent to an activating group) is 1. The summed E-state index contributed by atoms with van der Waals surface area (Å²) in [6, 6.07) is 5.25. The van der Waals surface area contributed by atoms with Gasteiger partial charge in [-0.25, -0.2) is 4.39 Å². The van der Waals surface area contributed by atoms with Crippen molar-refractivity contribution in [2.75, 3.05) is 13.6 Å². The Hall–Kier alpha value is -0.930. The smallest absolute Gasteiger partial charge is 0.129 e. The van der Waals surface area contributed by atoms with E-state index in [1.54, 1.807) is 6.07 Å². The van der Waals surface area contributed by atoms with E-state index in [1.165, 1.54) is 6.07 Å². The molecule has 1 aromatic rings. The molecule has 0 radical (unpaired) electrons. The van der Waals surface area contributed by atoms with Gasteiger partial charge < -0.3 is 10.1 Å². The summed E-state index contributed by atoms with van der Waals surface area (Å²) in [6.07, 6.45) is 0.806. The Bertz CT molecular complexity index is 353. The van der Waals surface area contributed by atoms with E-state index in [0.717, 1.165) is 17.5 Å². The molecule has 15 heavy (non-hydrogen) atoms. The van der Waals surface area contributed by atoms with E-state index in [-0.39, 0.29) is 18.0 Å². The maximum atomic E-state index is 13.7. The summed E-state index contributed by atoms with van der Waals surface area (Å²) in [5.74, 6) is -0.153. The molecule has 1 aliphatic heterocycles. The molecule has 0 fully saturated rings. The molecule has 0 aliphatic carbocycles. The van der Waals surface area contributed by atoms with E-state index in [4.69, 9.17) is 4.74 Å². The van der Waals surface area contributed by atoms with Gasteiger partial charge in [0.05, 0.1) is 12.2 Å². The second kappa shape index (κ2) is 4.29. The van der Waals surface area contributed by atoms with Gasteiger partial charge in [-0.2, -0.15) is 0 Å². The third kappa shape index (κ3) is 2.03. The molecule has 0 bridgehead atoms. The molecule has 2 nitrogen and oxygen atoms in total. The molecule has 0 saturated heterocycles. The Labute approximate surface area is 89.4 Å². The summed E-state index contributed by atoms with van der Waals surface area (Å²) in [5, 5.41) is 3.03. The topological polar surface area (TPSA) is 21.3 Å². The van der Waals surface area contributed by atoms with Crippen molar-refractivity contribution in [3.8, 4) is 0 Å². The molecule has 2 rings (SSSR count). The highest BCUT2D eigenvalue weighted by molar-refractivity contribution is 5.33. The van der Waals surface area contributed by atoms with Crippen molar-refractivity contribution in [3.05, 3.63) is 35.1 Å². The van der Waals surface area contributed by atoms with Gasteiger partial charge in [0, 0.05) is 12.1 Å². The van der Waals surface area contributed by atoms with Crippen LogP contribution in [0.1, 0.15) is 24.2 Å². The minimum absolute atomic E-state index is 0.153. The van der Waals surface area contributed by atoms with Gasteiger partial charge in [-0.3, -0.25) is 0 Å². The summed E-state index contributed by atoms with van der Waals surface area (Å²) in [4.78, 5) is 0. The number of ether oxygens (including phenoxy) is 1. The minimum atomic E-state index is -0.157. The van der Waals surface area contributed by atoms with E-state index in [0.29, 0.717) is 6.54 Å². The van der Waals surface area contributed by atoms with Crippen LogP contribution < -0.4 is 5.32 Å². The highest BCUT2D eigenvalue weighted by atomic mass is 19.1. The van der Waals surface area contributed by atoms with Crippen molar-refractivity contribution < 1.29 is 9.13 Å². The van der Waals surface area contributed by atoms with E-state index in [9.17, 15) is 4.39 Å². The number of halogens is 1. The predicted octanol–water partition coefficient (Wildman–Crippen LogP) is 2.05. The lowest BCUT2D eigenvalue weighted by Crippen LogP contribution is -2.30. The van der Waals surface area contributed by atoms with E-state index >= 15 is 0 Å². The molecule has 0 unspecified atom stereocenters. The Morgan fingerprint density at radius 2 is 2.33 bits per heavy atom. The second-order valence-corrected chi connectivity index (χ2v) is 4.01. The number of nitrogens with one attached hydrogen (secondary N) is 1. The number of hydrogen-bond acceptors (Lipinski definition) is 2. The molecule has 0 saturated carbocycles. The zero-order valence-corrected chi connectivity index (χ0v) is 9.09. The fourth-order valence-corrected chi connectivity index (χ4v) is 2.16. The quantitative estimate of drug-likeness (QED) is 0.805. The summed E-state index contributed by atoms with van der Waals surface area (Å²) in [6.45, 7) is 2.68. The first kappa shape index (κ1) is 10.6. The van der Waals surface area contributed by atoms with Crippen LogP contribution in [0.3, 0.4) is 0 Å². The van der Waals surface area contributed by atoms with Crippen LogP contribution in [0.4, 0.5) is 4.39 Å². The molecule has 1 heterocycles. The number of rotatable bonds is 2. The molecule has 0 aromatic heterocycles. The van der Waals surface area contributed by atoms with Crippen molar-refractivity contribution in [1.82, 2.24) is 5.32 Å². The van der Waals surface area contributed by atoms with Gasteiger partial charge in [-0.05, 0) is 32.0 Å². The third-order valence-corrected chi connectivity index (χ3v) is 2.76. The third-order valence-electron chi connectivity index (χ3n) is 2.76. The number of hydrogen-bond donors (Lipinski definition) is 1. The average Bonchev–Trinajstić information content (AvgIpc) is 2.17. The molecular formula is C12H16FNO. The van der Waals surface area contributed by atoms with Crippen LogP contribution in [0.2, 0.25) is 0 Å². The van der Waals surface area contributed by atoms with Crippen LogP contribution in [0.5, 0.6) is 0 Å². The van der Waals surface area contributed by atoms with Gasteiger partial charge >= 0.3 is 0 Å². The SMILES string of the molecule is CNC[C@@H]1O[C@@H](C)Cc2cccc(F)c21. The van der Waals surface area contributed by atoms with Crippen molar-refractivity contribution in [2.24, 2.45) is 0 Å². The summed E-state index contributed by atoms with van der Waals surface area (Å²) < 4.78 is 19.4. The van der Waals surface area contributed by atoms with Gasteiger partial charge in [-0.1, -0.05) is 12.1 Å². The fourth-order valence-electron chi connectivity index (χ4n) is 2.16. The largest absolute Gasteiger partial charge is 0.369 e. The first-order chi connectivity index (χ1) is 7.22. The van der Waals surface area contributed by atoms with Gasteiger partial charge in [0.2, 0.25) is 0 Å². The normalized spacial score (nSPS) is 25.0. The maximum Gasteiger partial charge on any atom is 0.129 e. The van der Waals surface area contributed by atoms with Crippen LogP contribution >= 0.6 is 0 Å². The lowest BCUT2D eigenvalue weighted by atomic mass is 9.94. The first-order valence-corrected chi connectivity index (χ1v) is 5.29. The molecule has 1 aromatic carbocycles. The average molecular weight is 209 g/mol. The minimum Gasteiger partial charge on any atom is -0.369 e. The van der Waals surface area contributed by atoms with Crippen LogP contribution in [0.25, 0.3) is 0 Å². The van der Waals surface area contributed by atoms with E-state index < -0.39 is 0 Å². The zero-order valence-electron chi connectivity index (χ0n) is 9.09. The Balaban J connectivity index is 2.38. The summed E-state index contributed by atoms with van der Waals surface area (Å²) >= 11 is 0. The Morgan fingerprint density at radius 1 is 1.53 bits per heavy atom. The molecule has 1 N–H and O–H groups in total. The highest BCUT2D eigenvalue weighted by Crippen LogP contribution is 2.31. The monoisotopic (exact) mass is 209 g/mol. The summed E-state index contributed by atoms with van der Waals surface area (Å²) in [7, 11) is 1.85. The Kier molecular flexibility index (Phi) is 3.03. The lowest BCUT2D eigenvalue weighted by Gasteiger charge is -2.30. The summed E-state index contributed by atoms with van der Waals surface area (Å²) in [5.41, 5.74) is 1.80. The Morgan fingerprint density at radius 3 is 3.07 bits per heavy atom. The van der Waals surface area contributed by atoms with Crippen molar-refractivity contribution in [3.63, 3.8) is 0 Å². The van der Waals surface area contributed by atoms with Crippen LogP contribution in [-0.4, -0.2) is 19.7 Å². The van der Waals surface area contributed by atoms with Crippen molar-refractivity contribution in [2.45, 2.75) is 25.6 Å². The fraction of sp³-hybridized carbons (Fsp3) is 0.500. The standard InChI is InChI=1S/C12H16FNO/c1-8-6-9-4-3-5-10(13)12(9)11(15-8)7-14-2/h3-5,8,11,14H,6-7H2,1-2H3/t8-,11-/m0/s1. The molecule has 3 heteroatoms. The maximum absolute atomic E-state index is 13.7. The predicted molar refractivity (Wildman–Crippen MR) is 57.3 cm³/mol. The molecule has 2 atom stereocenters. The molecule has 82 valence electrons. The molecule has 0 amide bonds. The molecule has 1 aliphatic rings. The molecular weight excluding hydrogens is 193 g/mol.